The summed E-state index contributed by atoms with van der Waals surface area (Å²) < 4.78 is 5.05. The van der Waals surface area contributed by atoms with Gasteiger partial charge in [0.15, 0.2) is 5.82 Å². The van der Waals surface area contributed by atoms with Crippen molar-refractivity contribution in [3.8, 4) is 0 Å². The lowest BCUT2D eigenvalue weighted by molar-refractivity contribution is 0.614. The lowest BCUT2D eigenvalue weighted by Crippen LogP contribution is -2.15. The monoisotopic (exact) mass is 516 g/mol. The van der Waals surface area contributed by atoms with E-state index in [2.05, 4.69) is 68.5 Å². The Labute approximate surface area is 189 Å². The number of halogens is 1. The summed E-state index contributed by atoms with van der Waals surface area (Å²) in [4.78, 5) is 9.47. The van der Waals surface area contributed by atoms with Gasteiger partial charge in [0.1, 0.15) is 11.0 Å². The zero-order chi connectivity index (χ0) is 21.3. The van der Waals surface area contributed by atoms with E-state index in [1.807, 2.05) is 42.4 Å². The molecule has 3 heterocycles. The van der Waals surface area contributed by atoms with Gasteiger partial charge in [0, 0.05) is 29.4 Å². The average molecular weight is 516 g/mol. The highest BCUT2D eigenvalue weighted by molar-refractivity contribution is 14.1. The van der Waals surface area contributed by atoms with Gasteiger partial charge in [-0.15, -0.1) is 0 Å². The highest BCUT2D eigenvalue weighted by atomic mass is 127. The SMILES string of the molecule is Cc1cc(C)n(CCNc2nc(NCc3ccccc3I)nc3c(C)nn(C)c23)n1. The first-order valence-corrected chi connectivity index (χ1v) is 10.9. The summed E-state index contributed by atoms with van der Waals surface area (Å²) in [5.41, 5.74) is 6.03. The molecule has 30 heavy (non-hydrogen) atoms. The Kier molecular flexibility index (Phi) is 5.89. The first kappa shape index (κ1) is 20.6. The van der Waals surface area contributed by atoms with Gasteiger partial charge in [0.25, 0.3) is 0 Å². The van der Waals surface area contributed by atoms with Crippen molar-refractivity contribution in [2.75, 3.05) is 17.2 Å². The molecule has 0 saturated carbocycles. The summed E-state index contributed by atoms with van der Waals surface area (Å²) in [6.07, 6.45) is 0. The Morgan fingerprint density at radius 2 is 1.83 bits per heavy atom. The van der Waals surface area contributed by atoms with Crippen molar-refractivity contribution in [3.05, 3.63) is 56.5 Å². The lowest BCUT2D eigenvalue weighted by atomic mass is 10.2. The third-order valence-corrected chi connectivity index (χ3v) is 6.02. The molecule has 4 rings (SSSR count). The van der Waals surface area contributed by atoms with Crippen LogP contribution in [0.4, 0.5) is 11.8 Å². The third kappa shape index (κ3) is 4.25. The molecule has 0 fully saturated rings. The molecule has 0 spiro atoms. The summed E-state index contributed by atoms with van der Waals surface area (Å²) in [6, 6.07) is 10.4. The second-order valence-electron chi connectivity index (χ2n) is 7.32. The number of hydrogen-bond acceptors (Lipinski definition) is 6. The number of aryl methyl sites for hydroxylation is 4. The molecule has 0 aliphatic carbocycles. The summed E-state index contributed by atoms with van der Waals surface area (Å²) >= 11 is 2.35. The van der Waals surface area contributed by atoms with Crippen LogP contribution in [0.3, 0.4) is 0 Å². The van der Waals surface area contributed by atoms with Crippen LogP contribution < -0.4 is 10.6 Å². The van der Waals surface area contributed by atoms with E-state index in [1.54, 1.807) is 0 Å². The highest BCUT2D eigenvalue weighted by Crippen LogP contribution is 2.24. The van der Waals surface area contributed by atoms with E-state index in [1.165, 1.54) is 9.13 Å². The minimum atomic E-state index is 0.590. The molecule has 0 unspecified atom stereocenters. The molecule has 1 aromatic carbocycles. The molecule has 0 radical (unpaired) electrons. The second kappa shape index (κ2) is 8.58. The maximum absolute atomic E-state index is 4.75. The molecule has 0 aliphatic rings. The van der Waals surface area contributed by atoms with Crippen LogP contribution in [0.25, 0.3) is 11.0 Å². The smallest absolute Gasteiger partial charge is 0.225 e. The summed E-state index contributed by atoms with van der Waals surface area (Å²) in [7, 11) is 1.92. The fourth-order valence-electron chi connectivity index (χ4n) is 3.54. The van der Waals surface area contributed by atoms with E-state index in [4.69, 9.17) is 9.97 Å². The van der Waals surface area contributed by atoms with Crippen molar-refractivity contribution < 1.29 is 0 Å². The highest BCUT2D eigenvalue weighted by Gasteiger charge is 2.15. The number of rotatable bonds is 7. The van der Waals surface area contributed by atoms with Crippen molar-refractivity contribution in [1.29, 1.82) is 0 Å². The van der Waals surface area contributed by atoms with E-state index in [0.717, 1.165) is 40.5 Å². The van der Waals surface area contributed by atoms with E-state index in [-0.39, 0.29) is 0 Å². The van der Waals surface area contributed by atoms with Crippen molar-refractivity contribution in [1.82, 2.24) is 29.5 Å². The molecule has 8 nitrogen and oxygen atoms in total. The lowest BCUT2D eigenvalue weighted by Gasteiger charge is -2.12. The number of fused-ring (bicyclic) bond motifs is 1. The zero-order valence-corrected chi connectivity index (χ0v) is 19.7. The van der Waals surface area contributed by atoms with Gasteiger partial charge >= 0.3 is 0 Å². The predicted octanol–water partition coefficient (Wildman–Crippen LogP) is 3.81. The van der Waals surface area contributed by atoms with E-state index < -0.39 is 0 Å². The van der Waals surface area contributed by atoms with Gasteiger partial charge in [-0.05, 0) is 61.1 Å². The summed E-state index contributed by atoms with van der Waals surface area (Å²) in [5.74, 6) is 1.36. The van der Waals surface area contributed by atoms with Crippen LogP contribution in [0, 0.1) is 24.3 Å². The molecule has 9 heteroatoms. The number of aromatic nitrogens is 6. The van der Waals surface area contributed by atoms with Crippen molar-refractivity contribution in [2.45, 2.75) is 33.9 Å². The van der Waals surface area contributed by atoms with Gasteiger partial charge in [-0.3, -0.25) is 9.36 Å². The first-order valence-electron chi connectivity index (χ1n) is 9.86. The Morgan fingerprint density at radius 3 is 2.57 bits per heavy atom. The maximum Gasteiger partial charge on any atom is 0.225 e. The van der Waals surface area contributed by atoms with Crippen LogP contribution in [0.5, 0.6) is 0 Å². The minimum absolute atomic E-state index is 0.590. The minimum Gasteiger partial charge on any atom is -0.366 e. The molecule has 3 aromatic heterocycles. The molecule has 4 aromatic rings. The predicted molar refractivity (Wildman–Crippen MR) is 128 cm³/mol. The van der Waals surface area contributed by atoms with Crippen molar-refractivity contribution >= 4 is 45.4 Å². The van der Waals surface area contributed by atoms with Gasteiger partial charge in [-0.2, -0.15) is 15.2 Å². The standard InChI is InChI=1S/C21H25IN8/c1-13-11-14(2)30(27-13)10-9-23-20-19-18(15(3)28-29(19)4)25-21(26-20)24-12-16-7-5-6-8-17(16)22/h5-8,11H,9-10,12H2,1-4H3,(H2,23,24,25,26). The fourth-order valence-corrected chi connectivity index (χ4v) is 4.11. The Bertz CT molecular complexity index is 1190. The van der Waals surface area contributed by atoms with Crippen LogP contribution >= 0.6 is 22.6 Å². The Balaban J connectivity index is 1.57. The molecule has 0 saturated heterocycles. The zero-order valence-electron chi connectivity index (χ0n) is 17.6. The molecule has 0 aliphatic heterocycles. The summed E-state index contributed by atoms with van der Waals surface area (Å²) in [5, 5.41) is 15.9. The van der Waals surface area contributed by atoms with Gasteiger partial charge in [-0.1, -0.05) is 18.2 Å². The number of benzene rings is 1. The van der Waals surface area contributed by atoms with Gasteiger partial charge in [0.2, 0.25) is 5.95 Å². The molecular formula is C21H25IN8. The Hall–Kier alpha value is -2.69. The van der Waals surface area contributed by atoms with E-state index in [9.17, 15) is 0 Å². The number of anilines is 2. The Morgan fingerprint density at radius 1 is 1.03 bits per heavy atom. The molecule has 0 bridgehead atoms. The molecule has 0 atom stereocenters. The van der Waals surface area contributed by atoms with E-state index in [0.29, 0.717) is 19.0 Å². The topological polar surface area (TPSA) is 85.5 Å². The quantitative estimate of drug-likeness (QED) is 0.364. The van der Waals surface area contributed by atoms with Gasteiger partial charge in [-0.25, -0.2) is 4.98 Å². The van der Waals surface area contributed by atoms with E-state index >= 15 is 0 Å². The number of nitrogens with one attached hydrogen (secondary N) is 2. The normalized spacial score (nSPS) is 11.2. The van der Waals surface area contributed by atoms with Crippen LogP contribution in [0.1, 0.15) is 22.6 Å². The second-order valence-corrected chi connectivity index (χ2v) is 8.49. The molecule has 2 N–H and O–H groups in total. The largest absolute Gasteiger partial charge is 0.366 e. The maximum atomic E-state index is 4.75. The first-order chi connectivity index (χ1) is 14.4. The van der Waals surface area contributed by atoms with Crippen LogP contribution in [-0.2, 0) is 20.1 Å². The van der Waals surface area contributed by atoms with Crippen molar-refractivity contribution in [3.63, 3.8) is 0 Å². The molecule has 0 amide bonds. The van der Waals surface area contributed by atoms with Crippen LogP contribution in [0.15, 0.2) is 30.3 Å². The van der Waals surface area contributed by atoms with Gasteiger partial charge in [0.05, 0.1) is 17.9 Å². The fraction of sp³-hybridized carbons (Fsp3) is 0.333. The van der Waals surface area contributed by atoms with Crippen molar-refractivity contribution in [2.24, 2.45) is 7.05 Å². The number of hydrogen-bond donors (Lipinski definition) is 2. The average Bonchev–Trinajstić information content (AvgIpc) is 3.18. The third-order valence-electron chi connectivity index (χ3n) is 4.96. The van der Waals surface area contributed by atoms with Crippen LogP contribution in [0.2, 0.25) is 0 Å². The van der Waals surface area contributed by atoms with Gasteiger partial charge < -0.3 is 10.6 Å². The summed E-state index contributed by atoms with van der Waals surface area (Å²) in [6.45, 7) is 8.17. The molecular weight excluding hydrogens is 491 g/mol. The molecule has 156 valence electrons. The van der Waals surface area contributed by atoms with Crippen LogP contribution in [-0.4, -0.2) is 36.1 Å². The number of nitrogens with zero attached hydrogens (tertiary/aromatic N) is 6.